The highest BCUT2D eigenvalue weighted by Crippen LogP contribution is 2.23. The van der Waals surface area contributed by atoms with Crippen LogP contribution in [0.2, 0.25) is 0 Å². The number of imidazole rings is 1. The molecule has 80 valence electrons. The Morgan fingerprint density at radius 2 is 2.12 bits per heavy atom. The van der Waals surface area contributed by atoms with Gasteiger partial charge in [0.15, 0.2) is 0 Å². The molecule has 0 saturated heterocycles. The van der Waals surface area contributed by atoms with E-state index >= 15 is 0 Å². The normalized spacial score (nSPS) is 11.4. The molecule has 0 aliphatic carbocycles. The van der Waals surface area contributed by atoms with Gasteiger partial charge in [0.1, 0.15) is 5.65 Å². The van der Waals surface area contributed by atoms with Crippen LogP contribution in [0.25, 0.3) is 16.7 Å². The lowest BCUT2D eigenvalue weighted by atomic mass is 10.2. The number of benzene rings is 1. The summed E-state index contributed by atoms with van der Waals surface area (Å²) in [6.45, 7) is 2.05. The van der Waals surface area contributed by atoms with Crippen LogP contribution in [0.15, 0.2) is 41.4 Å². The molecule has 2 nitrogen and oxygen atoms in total. The zero-order valence-electron chi connectivity index (χ0n) is 8.64. The second-order valence-electron chi connectivity index (χ2n) is 3.77. The van der Waals surface area contributed by atoms with Gasteiger partial charge in [0.25, 0.3) is 0 Å². The number of aromatic nitrogens is 2. The Morgan fingerprint density at radius 3 is 2.94 bits per heavy atom. The number of fused-ring (bicyclic) bond motifs is 3. The van der Waals surface area contributed by atoms with Gasteiger partial charge < -0.3 is 0 Å². The van der Waals surface area contributed by atoms with E-state index in [0.717, 1.165) is 16.7 Å². The summed E-state index contributed by atoms with van der Waals surface area (Å²) >= 11 is 0.243. The van der Waals surface area contributed by atoms with E-state index in [2.05, 4.69) is 11.1 Å². The molecule has 0 radical (unpaired) electrons. The minimum Gasteiger partial charge on any atom is -0.300 e. The fraction of sp³-hybridized carbons (Fsp3) is 0.0833. The van der Waals surface area contributed by atoms with Crippen molar-refractivity contribution in [3.8, 4) is 0 Å². The van der Waals surface area contributed by atoms with Crippen LogP contribution in [0.3, 0.4) is 0 Å². The predicted molar refractivity (Wildman–Crippen MR) is 64.4 cm³/mol. The second kappa shape index (κ2) is 3.49. The van der Waals surface area contributed by atoms with Crippen LogP contribution >= 0.6 is 12.1 Å². The molecule has 0 aliphatic heterocycles. The molecule has 0 spiro atoms. The summed E-state index contributed by atoms with van der Waals surface area (Å²) in [7, 11) is 0. The molecule has 2 heterocycles. The minimum absolute atomic E-state index is 0.243. The third kappa shape index (κ3) is 1.38. The molecule has 3 aromatic rings. The van der Waals surface area contributed by atoms with E-state index in [0.29, 0.717) is 4.90 Å². The van der Waals surface area contributed by atoms with Gasteiger partial charge >= 0.3 is 0 Å². The maximum Gasteiger partial charge on any atom is 0.139 e. The van der Waals surface area contributed by atoms with Crippen molar-refractivity contribution in [1.82, 2.24) is 9.38 Å². The van der Waals surface area contributed by atoms with Crippen LogP contribution in [0, 0.1) is 6.92 Å². The first kappa shape index (κ1) is 9.66. The number of rotatable bonds is 1. The Morgan fingerprint density at radius 1 is 1.25 bits per heavy atom. The molecule has 0 amide bonds. The Hall–Kier alpha value is -1.55. The zero-order valence-corrected chi connectivity index (χ0v) is 9.46. The largest absolute Gasteiger partial charge is 0.300 e. The molecule has 0 unspecified atom stereocenters. The fourth-order valence-electron chi connectivity index (χ4n) is 1.85. The van der Waals surface area contributed by atoms with Crippen LogP contribution in [0.4, 0.5) is 3.89 Å². The smallest absolute Gasteiger partial charge is 0.139 e. The summed E-state index contributed by atoms with van der Waals surface area (Å²) in [5.74, 6) is 0. The zero-order chi connectivity index (χ0) is 11.1. The van der Waals surface area contributed by atoms with E-state index in [-0.39, 0.29) is 12.1 Å². The molecular formula is C12H9FN2S. The molecule has 0 aliphatic rings. The summed E-state index contributed by atoms with van der Waals surface area (Å²) in [4.78, 5) is 5.03. The van der Waals surface area contributed by atoms with E-state index in [9.17, 15) is 3.89 Å². The van der Waals surface area contributed by atoms with Crippen molar-refractivity contribution in [3.63, 3.8) is 0 Å². The third-order valence-corrected chi connectivity index (χ3v) is 3.05. The lowest BCUT2D eigenvalue weighted by Crippen LogP contribution is -1.83. The SMILES string of the molecule is Cc1ccc2nc3cc(SF)ccn3c2c1. The van der Waals surface area contributed by atoms with Crippen molar-refractivity contribution in [2.75, 3.05) is 0 Å². The van der Waals surface area contributed by atoms with Gasteiger partial charge in [0, 0.05) is 11.1 Å². The molecule has 0 N–H and O–H groups in total. The number of nitrogens with zero attached hydrogens (tertiary/aromatic N) is 2. The molecule has 1 aromatic carbocycles. The van der Waals surface area contributed by atoms with Crippen LogP contribution in [-0.2, 0) is 0 Å². The van der Waals surface area contributed by atoms with Crippen LogP contribution in [-0.4, -0.2) is 9.38 Å². The molecule has 0 bridgehead atoms. The lowest BCUT2D eigenvalue weighted by Gasteiger charge is -1.97. The quantitative estimate of drug-likeness (QED) is 0.635. The standard InChI is InChI=1S/C12H9FN2S/c1-8-2-3-10-11(6-8)15-5-4-9(16-13)7-12(15)14-10/h2-7H,1H3. The van der Waals surface area contributed by atoms with Crippen molar-refractivity contribution in [2.45, 2.75) is 11.8 Å². The first-order chi connectivity index (χ1) is 7.78. The Labute approximate surface area is 96.4 Å². The number of pyridine rings is 1. The van der Waals surface area contributed by atoms with Crippen molar-refractivity contribution in [1.29, 1.82) is 0 Å². The number of halogens is 1. The van der Waals surface area contributed by atoms with Crippen LogP contribution < -0.4 is 0 Å². The van der Waals surface area contributed by atoms with Crippen LogP contribution in [0.5, 0.6) is 0 Å². The van der Waals surface area contributed by atoms with Crippen molar-refractivity contribution >= 4 is 28.8 Å². The molecule has 16 heavy (non-hydrogen) atoms. The average Bonchev–Trinajstić information content (AvgIpc) is 2.66. The van der Waals surface area contributed by atoms with E-state index < -0.39 is 0 Å². The highest BCUT2D eigenvalue weighted by molar-refractivity contribution is 7.94. The Balaban J connectivity index is 2.41. The molecule has 4 heteroatoms. The summed E-state index contributed by atoms with van der Waals surface area (Å²) in [5, 5.41) is 0. The number of hydrogen-bond donors (Lipinski definition) is 0. The van der Waals surface area contributed by atoms with Gasteiger partial charge in [-0.05, 0) is 36.8 Å². The molecule has 0 fully saturated rings. The predicted octanol–water partition coefficient (Wildman–Crippen LogP) is 3.77. The lowest BCUT2D eigenvalue weighted by molar-refractivity contribution is 0.933. The molecular weight excluding hydrogens is 223 g/mol. The highest BCUT2D eigenvalue weighted by atomic mass is 32.2. The molecule has 0 atom stereocenters. The van der Waals surface area contributed by atoms with Gasteiger partial charge in [-0.2, -0.15) is 3.89 Å². The maximum absolute atomic E-state index is 12.5. The first-order valence-electron chi connectivity index (χ1n) is 4.95. The van der Waals surface area contributed by atoms with Crippen molar-refractivity contribution in [3.05, 3.63) is 42.1 Å². The summed E-state index contributed by atoms with van der Waals surface area (Å²) in [6, 6.07) is 9.60. The van der Waals surface area contributed by atoms with Crippen molar-refractivity contribution in [2.24, 2.45) is 0 Å². The van der Waals surface area contributed by atoms with Gasteiger partial charge in [-0.15, -0.1) is 0 Å². The van der Waals surface area contributed by atoms with E-state index in [4.69, 9.17) is 0 Å². The summed E-state index contributed by atoms with van der Waals surface area (Å²) in [5.41, 5.74) is 3.97. The minimum atomic E-state index is 0.243. The van der Waals surface area contributed by atoms with Crippen LogP contribution in [0.1, 0.15) is 5.56 Å². The maximum atomic E-state index is 12.5. The topological polar surface area (TPSA) is 17.3 Å². The van der Waals surface area contributed by atoms with E-state index in [1.807, 2.05) is 29.7 Å². The number of aryl methyl sites for hydroxylation is 1. The van der Waals surface area contributed by atoms with E-state index in [1.54, 1.807) is 12.1 Å². The highest BCUT2D eigenvalue weighted by Gasteiger charge is 2.05. The molecule has 0 saturated carbocycles. The fourth-order valence-corrected chi connectivity index (χ4v) is 2.11. The van der Waals surface area contributed by atoms with Gasteiger partial charge in [-0.3, -0.25) is 4.40 Å². The first-order valence-corrected chi connectivity index (χ1v) is 5.67. The molecule has 2 aromatic heterocycles. The van der Waals surface area contributed by atoms with Gasteiger partial charge in [-0.1, -0.05) is 6.07 Å². The monoisotopic (exact) mass is 232 g/mol. The average molecular weight is 232 g/mol. The summed E-state index contributed by atoms with van der Waals surface area (Å²) in [6.07, 6.45) is 1.85. The van der Waals surface area contributed by atoms with Crippen molar-refractivity contribution < 1.29 is 3.89 Å². The van der Waals surface area contributed by atoms with E-state index in [1.165, 1.54) is 5.56 Å². The number of hydrogen-bond acceptors (Lipinski definition) is 2. The Bertz CT molecular complexity index is 675. The van der Waals surface area contributed by atoms with Gasteiger partial charge in [0.2, 0.25) is 0 Å². The summed E-state index contributed by atoms with van der Waals surface area (Å²) < 4.78 is 14.4. The Kier molecular flexibility index (Phi) is 2.11. The second-order valence-corrected chi connectivity index (χ2v) is 4.40. The molecule has 3 rings (SSSR count). The van der Waals surface area contributed by atoms with Gasteiger partial charge in [0.05, 0.1) is 23.2 Å². The van der Waals surface area contributed by atoms with Gasteiger partial charge in [-0.25, -0.2) is 4.98 Å². The third-order valence-electron chi connectivity index (χ3n) is 2.62.